The summed E-state index contributed by atoms with van der Waals surface area (Å²) in [7, 11) is 4.18. The Bertz CT molecular complexity index is 485. The van der Waals surface area contributed by atoms with Crippen molar-refractivity contribution in [2.24, 2.45) is 5.92 Å². The zero-order chi connectivity index (χ0) is 14.7. The summed E-state index contributed by atoms with van der Waals surface area (Å²) in [4.78, 5) is 15.2. The van der Waals surface area contributed by atoms with Crippen molar-refractivity contribution >= 4 is 27.3 Å². The Hall–Kier alpha value is -1.14. The Labute approximate surface area is 127 Å². The second kappa shape index (κ2) is 6.54. The molecule has 0 spiro atoms. The van der Waals surface area contributed by atoms with E-state index < -0.39 is 0 Å². The van der Waals surface area contributed by atoms with Crippen molar-refractivity contribution in [3.63, 3.8) is 0 Å². The molecule has 1 aromatic carbocycles. The highest BCUT2D eigenvalue weighted by molar-refractivity contribution is 9.10. The van der Waals surface area contributed by atoms with E-state index in [1.807, 2.05) is 12.1 Å². The number of nitrogens with zero attached hydrogens (tertiary/aromatic N) is 3. The fraction of sp³-hybridized carbons (Fsp3) is 0.571. The standard InChI is InChI=1S/C14H20BrN3O2/c1-16(2)10-11-5-7-17(8-6-11)13-4-3-12(15)9-14(13)18(19)20/h3-4,9,11H,5-8,10H2,1-2H3. The number of benzene rings is 1. The fourth-order valence-corrected chi connectivity index (χ4v) is 3.13. The first-order valence-electron chi connectivity index (χ1n) is 6.81. The molecular formula is C14H20BrN3O2. The highest BCUT2D eigenvalue weighted by atomic mass is 79.9. The van der Waals surface area contributed by atoms with Crippen LogP contribution in [0, 0.1) is 16.0 Å². The lowest BCUT2D eigenvalue weighted by molar-refractivity contribution is -0.384. The smallest absolute Gasteiger partial charge is 0.293 e. The maximum atomic E-state index is 11.2. The molecule has 0 amide bonds. The molecule has 0 bridgehead atoms. The number of nitro benzene ring substituents is 1. The molecule has 1 aliphatic heterocycles. The van der Waals surface area contributed by atoms with Crippen molar-refractivity contribution < 1.29 is 4.92 Å². The first-order chi connectivity index (χ1) is 9.47. The van der Waals surface area contributed by atoms with Crippen molar-refractivity contribution in [3.8, 4) is 0 Å². The van der Waals surface area contributed by atoms with Crippen LogP contribution >= 0.6 is 15.9 Å². The topological polar surface area (TPSA) is 49.6 Å². The summed E-state index contributed by atoms with van der Waals surface area (Å²) >= 11 is 3.30. The predicted octanol–water partition coefficient (Wildman–Crippen LogP) is 3.14. The normalized spacial score (nSPS) is 16.7. The minimum absolute atomic E-state index is 0.186. The van der Waals surface area contributed by atoms with Crippen LogP contribution in [0.4, 0.5) is 11.4 Å². The molecule has 0 saturated carbocycles. The second-order valence-corrected chi connectivity index (χ2v) is 6.50. The van der Waals surface area contributed by atoms with Crippen molar-refractivity contribution in [2.75, 3.05) is 38.6 Å². The zero-order valence-corrected chi connectivity index (χ0v) is 13.5. The molecule has 1 saturated heterocycles. The van der Waals surface area contributed by atoms with E-state index in [0.29, 0.717) is 5.92 Å². The zero-order valence-electron chi connectivity index (χ0n) is 11.9. The van der Waals surface area contributed by atoms with E-state index in [4.69, 9.17) is 0 Å². The first kappa shape index (κ1) is 15.3. The van der Waals surface area contributed by atoms with E-state index in [-0.39, 0.29) is 10.6 Å². The van der Waals surface area contributed by atoms with Crippen LogP contribution in [0.3, 0.4) is 0 Å². The average Bonchev–Trinajstić information content (AvgIpc) is 2.39. The lowest BCUT2D eigenvalue weighted by Crippen LogP contribution is -2.37. The van der Waals surface area contributed by atoms with Gasteiger partial charge < -0.3 is 9.80 Å². The predicted molar refractivity (Wildman–Crippen MR) is 84.3 cm³/mol. The molecule has 1 heterocycles. The van der Waals surface area contributed by atoms with Gasteiger partial charge in [0.05, 0.1) is 4.92 Å². The number of hydrogen-bond donors (Lipinski definition) is 0. The highest BCUT2D eigenvalue weighted by Crippen LogP contribution is 2.33. The molecule has 5 nitrogen and oxygen atoms in total. The van der Waals surface area contributed by atoms with Crippen LogP contribution in [0.5, 0.6) is 0 Å². The van der Waals surface area contributed by atoms with Gasteiger partial charge in [-0.2, -0.15) is 0 Å². The molecule has 20 heavy (non-hydrogen) atoms. The van der Waals surface area contributed by atoms with E-state index in [1.54, 1.807) is 6.07 Å². The summed E-state index contributed by atoms with van der Waals surface area (Å²) in [5.41, 5.74) is 0.923. The van der Waals surface area contributed by atoms with Crippen LogP contribution in [0.2, 0.25) is 0 Å². The molecule has 6 heteroatoms. The van der Waals surface area contributed by atoms with Gasteiger partial charge in [-0.05, 0) is 45.0 Å². The molecule has 1 fully saturated rings. The number of hydrogen-bond acceptors (Lipinski definition) is 4. The van der Waals surface area contributed by atoms with Crippen molar-refractivity contribution in [1.82, 2.24) is 4.90 Å². The average molecular weight is 342 g/mol. The van der Waals surface area contributed by atoms with E-state index in [2.05, 4.69) is 39.8 Å². The quantitative estimate of drug-likeness (QED) is 0.623. The lowest BCUT2D eigenvalue weighted by Gasteiger charge is -2.34. The Morgan fingerprint density at radius 2 is 2.05 bits per heavy atom. The maximum absolute atomic E-state index is 11.2. The van der Waals surface area contributed by atoms with Gasteiger partial charge in [-0.1, -0.05) is 15.9 Å². The summed E-state index contributed by atoms with van der Waals surface area (Å²) in [6.45, 7) is 2.87. The van der Waals surface area contributed by atoms with Gasteiger partial charge in [-0.15, -0.1) is 0 Å². The molecule has 2 rings (SSSR count). The molecule has 0 aromatic heterocycles. The minimum atomic E-state index is -0.300. The Morgan fingerprint density at radius 3 is 2.60 bits per heavy atom. The van der Waals surface area contributed by atoms with Gasteiger partial charge in [0.1, 0.15) is 5.69 Å². The van der Waals surface area contributed by atoms with Crippen molar-refractivity contribution in [1.29, 1.82) is 0 Å². The molecule has 110 valence electrons. The van der Waals surface area contributed by atoms with E-state index >= 15 is 0 Å². The summed E-state index contributed by atoms with van der Waals surface area (Å²) in [5.74, 6) is 0.691. The van der Waals surface area contributed by atoms with Crippen molar-refractivity contribution in [3.05, 3.63) is 32.8 Å². The van der Waals surface area contributed by atoms with E-state index in [0.717, 1.165) is 42.6 Å². The Balaban J connectivity index is 2.09. The second-order valence-electron chi connectivity index (χ2n) is 5.58. The first-order valence-corrected chi connectivity index (χ1v) is 7.60. The van der Waals surface area contributed by atoms with E-state index in [1.165, 1.54) is 0 Å². The molecule has 0 N–H and O–H groups in total. The van der Waals surface area contributed by atoms with Gasteiger partial charge in [-0.3, -0.25) is 10.1 Å². The SMILES string of the molecule is CN(C)CC1CCN(c2ccc(Br)cc2[N+](=O)[O-])CC1. The van der Waals surface area contributed by atoms with E-state index in [9.17, 15) is 10.1 Å². The molecular weight excluding hydrogens is 322 g/mol. The Kier molecular flexibility index (Phi) is 4.99. The van der Waals surface area contributed by atoms with Gasteiger partial charge >= 0.3 is 0 Å². The largest absolute Gasteiger partial charge is 0.366 e. The number of halogens is 1. The van der Waals surface area contributed by atoms with Gasteiger partial charge in [0.2, 0.25) is 0 Å². The molecule has 0 unspecified atom stereocenters. The summed E-state index contributed by atoms with van der Waals surface area (Å²) < 4.78 is 0.746. The van der Waals surface area contributed by atoms with Crippen LogP contribution < -0.4 is 4.90 Å². The molecule has 1 aromatic rings. The summed E-state index contributed by atoms with van der Waals surface area (Å²) in [6, 6.07) is 5.30. The summed E-state index contributed by atoms with van der Waals surface area (Å²) in [5, 5.41) is 11.2. The van der Waals surface area contributed by atoms with Gasteiger partial charge in [0.25, 0.3) is 5.69 Å². The third-order valence-corrected chi connectivity index (χ3v) is 4.21. The molecule has 0 radical (unpaired) electrons. The van der Waals surface area contributed by atoms with Gasteiger partial charge in [-0.25, -0.2) is 0 Å². The van der Waals surface area contributed by atoms with Crippen LogP contribution in [0.15, 0.2) is 22.7 Å². The molecule has 0 atom stereocenters. The van der Waals surface area contributed by atoms with Gasteiger partial charge in [0.15, 0.2) is 0 Å². The van der Waals surface area contributed by atoms with Crippen LogP contribution in [0.25, 0.3) is 0 Å². The minimum Gasteiger partial charge on any atom is -0.366 e. The third kappa shape index (κ3) is 3.70. The third-order valence-electron chi connectivity index (χ3n) is 3.71. The molecule has 1 aliphatic rings. The lowest BCUT2D eigenvalue weighted by atomic mass is 9.96. The fourth-order valence-electron chi connectivity index (χ4n) is 2.78. The number of anilines is 1. The number of piperidine rings is 1. The van der Waals surface area contributed by atoms with Crippen LogP contribution in [0.1, 0.15) is 12.8 Å². The van der Waals surface area contributed by atoms with Gasteiger partial charge in [0, 0.05) is 30.2 Å². The highest BCUT2D eigenvalue weighted by Gasteiger charge is 2.25. The summed E-state index contributed by atoms with van der Waals surface area (Å²) in [6.07, 6.45) is 2.18. The van der Waals surface area contributed by atoms with Crippen molar-refractivity contribution in [2.45, 2.75) is 12.8 Å². The van der Waals surface area contributed by atoms with Crippen LogP contribution in [-0.4, -0.2) is 43.6 Å². The monoisotopic (exact) mass is 341 g/mol. The van der Waals surface area contributed by atoms with Crippen LogP contribution in [-0.2, 0) is 0 Å². The Morgan fingerprint density at radius 1 is 1.40 bits per heavy atom. The maximum Gasteiger partial charge on any atom is 0.293 e. The number of nitro groups is 1. The number of rotatable bonds is 4. The molecule has 0 aliphatic carbocycles.